The molecular weight excluding hydrogens is 328 g/mol. The van der Waals surface area contributed by atoms with Crippen molar-refractivity contribution in [1.29, 1.82) is 5.26 Å². The lowest BCUT2D eigenvalue weighted by molar-refractivity contribution is 0.390. The smallest absolute Gasteiger partial charge is 0.191 e. The summed E-state index contributed by atoms with van der Waals surface area (Å²) in [6.07, 6.45) is 0. The largest absolute Gasteiger partial charge is 0.497 e. The Hall–Kier alpha value is -3.20. The van der Waals surface area contributed by atoms with Gasteiger partial charge in [0.2, 0.25) is 0 Å². The molecule has 0 saturated carbocycles. The van der Waals surface area contributed by atoms with Crippen molar-refractivity contribution in [2.45, 2.75) is 20.0 Å². The van der Waals surface area contributed by atoms with Crippen molar-refractivity contribution in [1.82, 2.24) is 10.6 Å². The molecule has 2 aromatic carbocycles. The number of aliphatic imine (C=N–C) groups is 1. The van der Waals surface area contributed by atoms with Gasteiger partial charge in [0.15, 0.2) is 5.96 Å². The van der Waals surface area contributed by atoms with Gasteiger partial charge in [-0.05, 0) is 36.8 Å². The summed E-state index contributed by atoms with van der Waals surface area (Å²) in [5.74, 6) is 2.24. The van der Waals surface area contributed by atoms with Gasteiger partial charge in [0.25, 0.3) is 0 Å². The lowest BCUT2D eigenvalue weighted by atomic mass is 10.1. The number of hydrogen-bond donors (Lipinski definition) is 2. The van der Waals surface area contributed by atoms with Gasteiger partial charge in [-0.15, -0.1) is 0 Å². The summed E-state index contributed by atoms with van der Waals surface area (Å²) in [7, 11) is 3.27. The topological polar surface area (TPSA) is 78.7 Å². The van der Waals surface area contributed by atoms with Gasteiger partial charge >= 0.3 is 0 Å². The standard InChI is InChI=1S/C20H24N4O2/c1-4-22-20(23-13-16-7-5-15(12-21)6-8-16)24-14-17-9-10-18(25-2)11-19(17)26-3/h5-11H,4,13-14H2,1-3H3,(H2,22,23,24). The summed E-state index contributed by atoms with van der Waals surface area (Å²) in [5.41, 5.74) is 2.70. The zero-order valence-corrected chi connectivity index (χ0v) is 15.4. The van der Waals surface area contributed by atoms with E-state index in [0.717, 1.165) is 35.1 Å². The molecule has 0 bridgehead atoms. The minimum absolute atomic E-state index is 0.529. The van der Waals surface area contributed by atoms with Crippen molar-refractivity contribution in [3.8, 4) is 17.6 Å². The molecular formula is C20H24N4O2. The molecule has 0 aliphatic carbocycles. The Labute approximate surface area is 154 Å². The number of nitrogens with one attached hydrogen (secondary N) is 2. The highest BCUT2D eigenvalue weighted by Gasteiger charge is 2.06. The third-order valence-corrected chi connectivity index (χ3v) is 3.79. The van der Waals surface area contributed by atoms with E-state index in [2.05, 4.69) is 21.7 Å². The van der Waals surface area contributed by atoms with E-state index in [1.165, 1.54) is 0 Å². The molecule has 0 amide bonds. The fraction of sp³-hybridized carbons (Fsp3) is 0.300. The van der Waals surface area contributed by atoms with Gasteiger partial charge in [0.05, 0.1) is 32.4 Å². The van der Waals surface area contributed by atoms with Crippen LogP contribution in [0, 0.1) is 11.3 Å². The minimum atomic E-state index is 0.529. The molecule has 0 spiro atoms. The number of nitrogens with zero attached hydrogens (tertiary/aromatic N) is 2. The summed E-state index contributed by atoms with van der Waals surface area (Å²) < 4.78 is 10.6. The first-order valence-electron chi connectivity index (χ1n) is 8.42. The van der Waals surface area contributed by atoms with Crippen molar-refractivity contribution < 1.29 is 9.47 Å². The van der Waals surface area contributed by atoms with Crippen LogP contribution in [-0.2, 0) is 13.1 Å². The van der Waals surface area contributed by atoms with Crippen molar-refractivity contribution in [3.05, 3.63) is 59.2 Å². The van der Waals surface area contributed by atoms with Crippen LogP contribution in [0.25, 0.3) is 0 Å². The van der Waals surface area contributed by atoms with E-state index in [4.69, 9.17) is 14.7 Å². The molecule has 0 aliphatic heterocycles. The van der Waals surface area contributed by atoms with Crippen LogP contribution in [0.15, 0.2) is 47.5 Å². The molecule has 6 nitrogen and oxygen atoms in total. The molecule has 0 fully saturated rings. The monoisotopic (exact) mass is 352 g/mol. The van der Waals surface area contributed by atoms with Gasteiger partial charge in [-0.2, -0.15) is 5.26 Å². The Balaban J connectivity index is 2.04. The van der Waals surface area contributed by atoms with Crippen LogP contribution in [0.4, 0.5) is 0 Å². The maximum atomic E-state index is 8.85. The molecule has 0 radical (unpaired) electrons. The fourth-order valence-electron chi connectivity index (χ4n) is 2.37. The normalized spacial score (nSPS) is 10.8. The van der Waals surface area contributed by atoms with Crippen molar-refractivity contribution in [2.75, 3.05) is 20.8 Å². The summed E-state index contributed by atoms with van der Waals surface area (Å²) in [6, 6.07) is 15.3. The Kier molecular flexibility index (Phi) is 7.31. The van der Waals surface area contributed by atoms with Crippen molar-refractivity contribution in [3.63, 3.8) is 0 Å². The highest BCUT2D eigenvalue weighted by atomic mass is 16.5. The van der Waals surface area contributed by atoms with Crippen LogP contribution in [-0.4, -0.2) is 26.7 Å². The Morgan fingerprint density at radius 3 is 2.46 bits per heavy atom. The van der Waals surface area contributed by atoms with Crippen LogP contribution >= 0.6 is 0 Å². The average molecular weight is 352 g/mol. The van der Waals surface area contributed by atoms with Crippen LogP contribution < -0.4 is 20.1 Å². The number of methoxy groups -OCH3 is 2. The molecule has 0 heterocycles. The van der Waals surface area contributed by atoms with Gasteiger partial charge in [0, 0.05) is 24.7 Å². The van der Waals surface area contributed by atoms with Crippen molar-refractivity contribution in [2.24, 2.45) is 4.99 Å². The first-order valence-corrected chi connectivity index (χ1v) is 8.42. The average Bonchev–Trinajstić information content (AvgIpc) is 2.70. The summed E-state index contributed by atoms with van der Waals surface area (Å²) in [4.78, 5) is 4.59. The minimum Gasteiger partial charge on any atom is -0.497 e. The fourth-order valence-corrected chi connectivity index (χ4v) is 2.37. The predicted molar refractivity (Wildman–Crippen MR) is 102 cm³/mol. The summed E-state index contributed by atoms with van der Waals surface area (Å²) >= 11 is 0. The van der Waals surface area contributed by atoms with Crippen LogP contribution in [0.5, 0.6) is 11.5 Å². The molecule has 2 N–H and O–H groups in total. The maximum absolute atomic E-state index is 8.85. The first kappa shape index (κ1) is 19.1. The van der Waals surface area contributed by atoms with Crippen LogP contribution in [0.1, 0.15) is 23.6 Å². The lowest BCUT2D eigenvalue weighted by Crippen LogP contribution is -2.36. The molecule has 0 atom stereocenters. The predicted octanol–water partition coefficient (Wildman–Crippen LogP) is 2.83. The second kappa shape index (κ2) is 9.94. The number of ether oxygens (including phenoxy) is 2. The lowest BCUT2D eigenvalue weighted by Gasteiger charge is -2.14. The molecule has 136 valence electrons. The highest BCUT2D eigenvalue weighted by molar-refractivity contribution is 5.79. The number of hydrogen-bond acceptors (Lipinski definition) is 4. The molecule has 0 saturated heterocycles. The summed E-state index contributed by atoms with van der Waals surface area (Å²) in [5, 5.41) is 15.4. The number of benzene rings is 2. The number of guanidine groups is 1. The van der Waals surface area contributed by atoms with E-state index in [9.17, 15) is 0 Å². The van der Waals surface area contributed by atoms with Crippen molar-refractivity contribution >= 4 is 5.96 Å². The number of rotatable bonds is 7. The number of nitriles is 1. The van der Waals surface area contributed by atoms with Gasteiger partial charge in [-0.1, -0.05) is 12.1 Å². The Morgan fingerprint density at radius 1 is 1.08 bits per heavy atom. The second-order valence-corrected chi connectivity index (χ2v) is 5.54. The summed E-state index contributed by atoms with van der Waals surface area (Å²) in [6.45, 7) is 3.89. The maximum Gasteiger partial charge on any atom is 0.191 e. The van der Waals surface area contributed by atoms with Gasteiger partial charge in [-0.3, -0.25) is 0 Å². The van der Waals surface area contributed by atoms with Crippen LogP contribution in [0.2, 0.25) is 0 Å². The SMILES string of the molecule is CCNC(=NCc1ccc(C#N)cc1)NCc1ccc(OC)cc1OC. The van der Waals surface area contributed by atoms with E-state index in [-0.39, 0.29) is 0 Å². The van der Waals surface area contributed by atoms with E-state index in [1.807, 2.05) is 37.3 Å². The second-order valence-electron chi connectivity index (χ2n) is 5.54. The third kappa shape index (κ3) is 5.42. The molecule has 0 aliphatic rings. The first-order chi connectivity index (χ1) is 12.7. The third-order valence-electron chi connectivity index (χ3n) is 3.79. The molecule has 0 unspecified atom stereocenters. The Bertz CT molecular complexity index is 779. The molecule has 26 heavy (non-hydrogen) atoms. The van der Waals surface area contributed by atoms with E-state index < -0.39 is 0 Å². The van der Waals surface area contributed by atoms with E-state index >= 15 is 0 Å². The van der Waals surface area contributed by atoms with Gasteiger partial charge in [-0.25, -0.2) is 4.99 Å². The molecule has 6 heteroatoms. The Morgan fingerprint density at radius 2 is 1.85 bits per heavy atom. The van der Waals surface area contributed by atoms with Gasteiger partial charge in [0.1, 0.15) is 11.5 Å². The van der Waals surface area contributed by atoms with Gasteiger partial charge < -0.3 is 20.1 Å². The zero-order valence-electron chi connectivity index (χ0n) is 15.4. The molecule has 2 aromatic rings. The quantitative estimate of drug-likeness (QED) is 0.592. The molecule has 2 rings (SSSR count). The highest BCUT2D eigenvalue weighted by Crippen LogP contribution is 2.24. The molecule has 0 aromatic heterocycles. The zero-order chi connectivity index (χ0) is 18.8. The van der Waals surface area contributed by atoms with Crippen LogP contribution in [0.3, 0.4) is 0 Å². The van der Waals surface area contributed by atoms with E-state index in [0.29, 0.717) is 18.7 Å². The van der Waals surface area contributed by atoms with E-state index in [1.54, 1.807) is 26.4 Å².